The Morgan fingerprint density at radius 1 is 1.23 bits per heavy atom. The van der Waals surface area contributed by atoms with Crippen LogP contribution >= 0.6 is 11.8 Å². The highest BCUT2D eigenvalue weighted by molar-refractivity contribution is 7.99. The third-order valence-electron chi connectivity index (χ3n) is 4.43. The van der Waals surface area contributed by atoms with Crippen molar-refractivity contribution in [3.8, 4) is 0 Å². The Labute approximate surface area is 133 Å². The summed E-state index contributed by atoms with van der Waals surface area (Å²) in [5.41, 5.74) is 0.848. The highest BCUT2D eigenvalue weighted by Gasteiger charge is 2.32. The van der Waals surface area contributed by atoms with Crippen molar-refractivity contribution in [1.82, 2.24) is 19.5 Å². The van der Waals surface area contributed by atoms with Crippen LogP contribution in [0.1, 0.15) is 6.42 Å². The van der Waals surface area contributed by atoms with E-state index in [1.54, 1.807) is 10.7 Å². The zero-order valence-electron chi connectivity index (χ0n) is 12.4. The summed E-state index contributed by atoms with van der Waals surface area (Å²) in [4.78, 5) is 21.5. The standard InChI is InChI=1S/C15H19N5OS/c21-15(18-7-9-22-10-8-18)12-2-5-19(11-12)13-3-6-20-14(17-13)1-4-16-20/h1,3-4,6,12H,2,5,7-11H2. The number of rotatable bonds is 2. The first-order valence-electron chi connectivity index (χ1n) is 7.73. The zero-order valence-corrected chi connectivity index (χ0v) is 13.2. The Balaban J connectivity index is 1.46. The van der Waals surface area contributed by atoms with Crippen LogP contribution in [0.3, 0.4) is 0 Å². The Morgan fingerprint density at radius 3 is 2.95 bits per heavy atom. The monoisotopic (exact) mass is 317 g/mol. The van der Waals surface area contributed by atoms with E-state index in [1.165, 1.54) is 0 Å². The lowest BCUT2D eigenvalue weighted by Crippen LogP contribution is -2.42. The minimum absolute atomic E-state index is 0.117. The minimum atomic E-state index is 0.117. The van der Waals surface area contributed by atoms with E-state index in [0.29, 0.717) is 5.91 Å². The summed E-state index contributed by atoms with van der Waals surface area (Å²) in [6.45, 7) is 3.48. The van der Waals surface area contributed by atoms with Crippen molar-refractivity contribution in [2.45, 2.75) is 6.42 Å². The smallest absolute Gasteiger partial charge is 0.227 e. The quantitative estimate of drug-likeness (QED) is 0.831. The predicted octanol–water partition coefficient (Wildman–Crippen LogP) is 1.13. The molecule has 4 rings (SSSR count). The van der Waals surface area contributed by atoms with Gasteiger partial charge in [0.1, 0.15) is 5.82 Å². The third-order valence-corrected chi connectivity index (χ3v) is 5.37. The van der Waals surface area contributed by atoms with Gasteiger partial charge in [-0.05, 0) is 12.5 Å². The summed E-state index contributed by atoms with van der Waals surface area (Å²) in [7, 11) is 0. The lowest BCUT2D eigenvalue weighted by atomic mass is 10.1. The largest absolute Gasteiger partial charge is 0.356 e. The van der Waals surface area contributed by atoms with Gasteiger partial charge in [0.15, 0.2) is 5.65 Å². The fourth-order valence-electron chi connectivity index (χ4n) is 3.19. The second-order valence-corrected chi connectivity index (χ2v) is 7.01. The number of thioether (sulfide) groups is 1. The summed E-state index contributed by atoms with van der Waals surface area (Å²) < 4.78 is 1.76. The van der Waals surface area contributed by atoms with Crippen LogP contribution in [0.15, 0.2) is 24.5 Å². The molecule has 1 unspecified atom stereocenters. The van der Waals surface area contributed by atoms with Crippen molar-refractivity contribution in [3.63, 3.8) is 0 Å². The maximum absolute atomic E-state index is 12.6. The second-order valence-electron chi connectivity index (χ2n) is 5.79. The molecule has 116 valence electrons. The summed E-state index contributed by atoms with van der Waals surface area (Å²) >= 11 is 1.94. The van der Waals surface area contributed by atoms with E-state index in [1.807, 2.05) is 35.0 Å². The molecule has 0 aliphatic carbocycles. The van der Waals surface area contributed by atoms with E-state index >= 15 is 0 Å². The van der Waals surface area contributed by atoms with Crippen molar-refractivity contribution in [2.75, 3.05) is 42.6 Å². The number of hydrogen-bond acceptors (Lipinski definition) is 5. The Morgan fingerprint density at radius 2 is 2.09 bits per heavy atom. The van der Waals surface area contributed by atoms with Crippen LogP contribution < -0.4 is 4.90 Å². The average Bonchev–Trinajstić information content (AvgIpc) is 3.23. The molecule has 6 nitrogen and oxygen atoms in total. The van der Waals surface area contributed by atoms with Gasteiger partial charge >= 0.3 is 0 Å². The van der Waals surface area contributed by atoms with E-state index in [-0.39, 0.29) is 5.92 Å². The van der Waals surface area contributed by atoms with Crippen molar-refractivity contribution < 1.29 is 4.79 Å². The molecule has 22 heavy (non-hydrogen) atoms. The van der Waals surface area contributed by atoms with Crippen molar-refractivity contribution in [1.29, 1.82) is 0 Å². The molecule has 2 aliphatic rings. The number of aromatic nitrogens is 3. The van der Waals surface area contributed by atoms with Crippen LogP contribution in [0.4, 0.5) is 5.82 Å². The lowest BCUT2D eigenvalue weighted by Gasteiger charge is -2.29. The van der Waals surface area contributed by atoms with Crippen molar-refractivity contribution in [2.24, 2.45) is 5.92 Å². The molecule has 2 aromatic heterocycles. The summed E-state index contributed by atoms with van der Waals surface area (Å²) in [5, 5.41) is 4.16. The van der Waals surface area contributed by atoms with E-state index in [0.717, 1.165) is 55.6 Å². The molecular weight excluding hydrogens is 298 g/mol. The molecule has 2 fully saturated rings. The first-order valence-corrected chi connectivity index (χ1v) is 8.88. The molecule has 0 spiro atoms. The Kier molecular flexibility index (Phi) is 3.65. The first kappa shape index (κ1) is 13.9. The summed E-state index contributed by atoms with van der Waals surface area (Å²) in [5.74, 6) is 3.53. The molecule has 4 heterocycles. The molecule has 1 amide bonds. The van der Waals surface area contributed by atoms with Crippen molar-refractivity contribution in [3.05, 3.63) is 24.5 Å². The molecule has 7 heteroatoms. The van der Waals surface area contributed by atoms with E-state index in [9.17, 15) is 4.79 Å². The van der Waals surface area contributed by atoms with Gasteiger partial charge in [0.25, 0.3) is 0 Å². The van der Waals surface area contributed by atoms with Crippen LogP contribution in [0.25, 0.3) is 5.65 Å². The maximum Gasteiger partial charge on any atom is 0.227 e. The van der Waals surface area contributed by atoms with Crippen molar-refractivity contribution >= 4 is 29.1 Å². The summed E-state index contributed by atoms with van der Waals surface area (Å²) in [6, 6.07) is 3.87. The number of fused-ring (bicyclic) bond motifs is 1. The van der Waals surface area contributed by atoms with E-state index in [2.05, 4.69) is 15.0 Å². The fraction of sp³-hybridized carbons (Fsp3) is 0.533. The van der Waals surface area contributed by atoms with Crippen LogP contribution in [0.2, 0.25) is 0 Å². The average molecular weight is 317 g/mol. The van der Waals surface area contributed by atoms with Gasteiger partial charge < -0.3 is 9.80 Å². The molecule has 0 N–H and O–H groups in total. The number of amides is 1. The molecule has 2 saturated heterocycles. The van der Waals surface area contributed by atoms with Crippen LogP contribution in [-0.4, -0.2) is 63.1 Å². The number of anilines is 1. The Hall–Kier alpha value is -1.76. The SMILES string of the molecule is O=C(C1CCN(c2ccn3nccc3n2)C1)N1CCSCC1. The molecule has 2 aromatic rings. The zero-order chi connectivity index (χ0) is 14.9. The Bertz CT molecular complexity index is 681. The minimum Gasteiger partial charge on any atom is -0.356 e. The molecule has 2 aliphatic heterocycles. The highest BCUT2D eigenvalue weighted by atomic mass is 32.2. The normalized spacial score (nSPS) is 22.5. The molecule has 1 atom stereocenters. The van der Waals surface area contributed by atoms with Gasteiger partial charge in [-0.3, -0.25) is 4.79 Å². The molecular formula is C15H19N5OS. The number of hydrogen-bond donors (Lipinski definition) is 0. The topological polar surface area (TPSA) is 53.7 Å². The third kappa shape index (κ3) is 2.54. The van der Waals surface area contributed by atoms with Gasteiger partial charge in [0, 0.05) is 49.9 Å². The van der Waals surface area contributed by atoms with Gasteiger partial charge in [-0.25, -0.2) is 9.50 Å². The second kappa shape index (κ2) is 5.79. The van der Waals surface area contributed by atoms with Gasteiger partial charge in [-0.2, -0.15) is 16.9 Å². The number of nitrogens with zero attached hydrogens (tertiary/aromatic N) is 5. The molecule has 0 radical (unpaired) electrons. The fourth-order valence-corrected chi connectivity index (χ4v) is 4.09. The maximum atomic E-state index is 12.6. The highest BCUT2D eigenvalue weighted by Crippen LogP contribution is 2.25. The van der Waals surface area contributed by atoms with Gasteiger partial charge in [-0.1, -0.05) is 0 Å². The first-order chi connectivity index (χ1) is 10.8. The van der Waals surface area contributed by atoms with E-state index in [4.69, 9.17) is 0 Å². The molecule has 0 aromatic carbocycles. The van der Waals surface area contributed by atoms with Crippen LogP contribution in [0.5, 0.6) is 0 Å². The number of carbonyl (C=O) groups is 1. The van der Waals surface area contributed by atoms with Crippen LogP contribution in [-0.2, 0) is 4.79 Å². The van der Waals surface area contributed by atoms with Gasteiger partial charge in [-0.15, -0.1) is 0 Å². The molecule has 0 bridgehead atoms. The number of carbonyl (C=O) groups excluding carboxylic acids is 1. The lowest BCUT2D eigenvalue weighted by molar-refractivity contribution is -0.134. The van der Waals surface area contributed by atoms with Gasteiger partial charge in [0.05, 0.1) is 12.1 Å². The molecule has 0 saturated carbocycles. The summed E-state index contributed by atoms with van der Waals surface area (Å²) in [6.07, 6.45) is 4.60. The van der Waals surface area contributed by atoms with E-state index < -0.39 is 0 Å². The predicted molar refractivity (Wildman–Crippen MR) is 87.2 cm³/mol. The van der Waals surface area contributed by atoms with Crippen LogP contribution in [0, 0.1) is 5.92 Å². The van der Waals surface area contributed by atoms with Gasteiger partial charge in [0.2, 0.25) is 5.91 Å².